The zero-order chi connectivity index (χ0) is 22.8. The average molecular weight is 513 g/mol. The lowest BCUT2D eigenvalue weighted by molar-refractivity contribution is 0.292. The zero-order valence-corrected chi connectivity index (χ0v) is 21.4. The number of hydrogen-bond acceptors (Lipinski definition) is 3. The Hall–Kier alpha value is -2.22. The van der Waals surface area contributed by atoms with Gasteiger partial charge in [0.25, 0.3) is 0 Å². The van der Waals surface area contributed by atoms with E-state index < -0.39 is 0 Å². The monoisotopic (exact) mass is 511 g/mol. The number of para-hydroxylation sites is 1. The van der Waals surface area contributed by atoms with Crippen molar-refractivity contribution in [2.75, 3.05) is 27.2 Å². The molecule has 1 aromatic carbocycles. The molecule has 0 bridgehead atoms. The molecule has 2 aromatic heterocycles. The van der Waals surface area contributed by atoms with Gasteiger partial charge in [-0.1, -0.05) is 18.2 Å². The Morgan fingerprint density at radius 2 is 1.88 bits per heavy atom. The second-order valence-corrected chi connectivity index (χ2v) is 9.83. The van der Waals surface area contributed by atoms with Crippen LogP contribution in [-0.4, -0.2) is 51.6 Å². The van der Waals surface area contributed by atoms with Gasteiger partial charge in [0.2, 0.25) is 0 Å². The zero-order valence-electron chi connectivity index (χ0n) is 19.0. The molecule has 1 fully saturated rings. The SMILES string of the molecule is Cc1cc([C@@H]2[C@H](c3ccccn3)NC(=S)N2CCCN(C)C)c(C)n1-c1ccccc1Br. The van der Waals surface area contributed by atoms with Crippen LogP contribution >= 0.6 is 28.1 Å². The fraction of sp³-hybridized carbons (Fsp3) is 0.360. The van der Waals surface area contributed by atoms with Gasteiger partial charge < -0.3 is 19.7 Å². The lowest BCUT2D eigenvalue weighted by Gasteiger charge is -2.28. The summed E-state index contributed by atoms with van der Waals surface area (Å²) in [5.74, 6) is 0. The first-order chi connectivity index (χ1) is 15.4. The van der Waals surface area contributed by atoms with Crippen molar-refractivity contribution < 1.29 is 0 Å². The van der Waals surface area contributed by atoms with Crippen LogP contribution in [-0.2, 0) is 0 Å². The van der Waals surface area contributed by atoms with Crippen LogP contribution in [0.1, 0.15) is 41.1 Å². The van der Waals surface area contributed by atoms with Crippen molar-refractivity contribution in [3.8, 4) is 5.69 Å². The third-order valence-electron chi connectivity index (χ3n) is 6.08. The molecule has 0 spiro atoms. The summed E-state index contributed by atoms with van der Waals surface area (Å²) in [6.07, 6.45) is 2.90. The van der Waals surface area contributed by atoms with Crippen LogP contribution in [0.25, 0.3) is 5.69 Å². The van der Waals surface area contributed by atoms with E-state index in [1.807, 2.05) is 24.4 Å². The van der Waals surface area contributed by atoms with Gasteiger partial charge in [-0.05, 0) is 105 Å². The second kappa shape index (κ2) is 9.73. The van der Waals surface area contributed by atoms with Gasteiger partial charge in [-0.3, -0.25) is 4.98 Å². The lowest BCUT2D eigenvalue weighted by Crippen LogP contribution is -2.32. The fourth-order valence-corrected chi connectivity index (χ4v) is 5.43. The topological polar surface area (TPSA) is 36.3 Å². The Bertz CT molecular complexity index is 1090. The Morgan fingerprint density at radius 1 is 1.12 bits per heavy atom. The first kappa shape index (κ1) is 23.0. The number of nitrogens with zero attached hydrogens (tertiary/aromatic N) is 4. The standard InChI is InChI=1S/C25H30BrN5S/c1-17-16-19(18(2)31(17)22-12-6-5-10-20(22)26)24-23(21-11-7-8-13-27-21)28-25(32)30(24)15-9-14-29(3)4/h5-8,10-13,16,23-24H,9,14-15H2,1-4H3,(H,28,32)/t23-,24+/m0/s1. The lowest BCUT2D eigenvalue weighted by atomic mass is 9.96. The maximum absolute atomic E-state index is 5.83. The predicted octanol–water partition coefficient (Wildman–Crippen LogP) is 5.18. The van der Waals surface area contributed by atoms with Crippen LogP contribution < -0.4 is 5.32 Å². The summed E-state index contributed by atoms with van der Waals surface area (Å²) in [5, 5.41) is 4.38. The first-order valence-corrected chi connectivity index (χ1v) is 12.1. The van der Waals surface area contributed by atoms with Gasteiger partial charge in [-0.15, -0.1) is 0 Å². The van der Waals surface area contributed by atoms with Crippen LogP contribution in [0.2, 0.25) is 0 Å². The number of aromatic nitrogens is 2. The maximum Gasteiger partial charge on any atom is 0.170 e. The van der Waals surface area contributed by atoms with E-state index >= 15 is 0 Å². The molecule has 3 aromatic rings. The molecule has 3 heterocycles. The summed E-state index contributed by atoms with van der Waals surface area (Å²) >= 11 is 9.56. The van der Waals surface area contributed by atoms with E-state index in [2.05, 4.69) is 98.9 Å². The van der Waals surface area contributed by atoms with Crippen molar-refractivity contribution in [3.63, 3.8) is 0 Å². The molecule has 0 aliphatic carbocycles. The molecular formula is C25H30BrN5S. The number of halogens is 1. The number of pyridine rings is 1. The third-order valence-corrected chi connectivity index (χ3v) is 7.11. The van der Waals surface area contributed by atoms with Gasteiger partial charge in [0, 0.05) is 28.6 Å². The molecule has 1 saturated heterocycles. The van der Waals surface area contributed by atoms with Crippen LogP contribution in [0.4, 0.5) is 0 Å². The molecule has 0 radical (unpaired) electrons. The fourth-order valence-electron chi connectivity index (χ4n) is 4.63. The molecule has 2 atom stereocenters. The number of rotatable bonds is 7. The number of nitrogens with one attached hydrogen (secondary N) is 1. The number of thiocarbonyl (C=S) groups is 1. The van der Waals surface area contributed by atoms with Crippen molar-refractivity contribution in [1.82, 2.24) is 24.7 Å². The quantitative estimate of drug-likeness (QED) is 0.442. The summed E-state index contributed by atoms with van der Waals surface area (Å²) in [5.41, 5.74) is 5.88. The maximum atomic E-state index is 5.83. The summed E-state index contributed by atoms with van der Waals surface area (Å²) < 4.78 is 3.41. The highest BCUT2D eigenvalue weighted by atomic mass is 79.9. The minimum atomic E-state index is 0.0104. The Labute approximate surface area is 204 Å². The number of hydrogen-bond donors (Lipinski definition) is 1. The van der Waals surface area contributed by atoms with Crippen molar-refractivity contribution in [3.05, 3.63) is 81.8 Å². The van der Waals surface area contributed by atoms with E-state index in [1.54, 1.807) is 0 Å². The van der Waals surface area contributed by atoms with Gasteiger partial charge in [0.05, 0.1) is 23.5 Å². The minimum absolute atomic E-state index is 0.0104. The first-order valence-electron chi connectivity index (χ1n) is 10.9. The van der Waals surface area contributed by atoms with Crippen LogP contribution in [0, 0.1) is 13.8 Å². The molecule has 32 heavy (non-hydrogen) atoms. The Morgan fingerprint density at radius 3 is 2.56 bits per heavy atom. The van der Waals surface area contributed by atoms with Gasteiger partial charge in [0.15, 0.2) is 5.11 Å². The van der Waals surface area contributed by atoms with E-state index in [9.17, 15) is 0 Å². The van der Waals surface area contributed by atoms with Crippen molar-refractivity contribution in [2.24, 2.45) is 0 Å². The van der Waals surface area contributed by atoms with E-state index in [1.165, 1.54) is 17.0 Å². The molecule has 1 aliphatic rings. The summed E-state index contributed by atoms with van der Waals surface area (Å²) in [7, 11) is 4.22. The van der Waals surface area contributed by atoms with E-state index in [4.69, 9.17) is 12.2 Å². The third kappa shape index (κ3) is 4.47. The number of benzene rings is 1. The van der Waals surface area contributed by atoms with E-state index in [0.717, 1.165) is 40.5 Å². The summed E-state index contributed by atoms with van der Waals surface area (Å²) in [6, 6.07) is 16.9. The van der Waals surface area contributed by atoms with Crippen molar-refractivity contribution in [2.45, 2.75) is 32.4 Å². The molecular weight excluding hydrogens is 482 g/mol. The Kier molecular flexibility index (Phi) is 6.98. The van der Waals surface area contributed by atoms with Gasteiger partial charge in [0.1, 0.15) is 0 Å². The molecule has 168 valence electrons. The summed E-state index contributed by atoms with van der Waals surface area (Å²) in [4.78, 5) is 9.24. The normalized spacial score (nSPS) is 18.4. The highest BCUT2D eigenvalue weighted by Crippen LogP contribution is 2.41. The van der Waals surface area contributed by atoms with Gasteiger partial charge in [-0.25, -0.2) is 0 Å². The highest BCUT2D eigenvalue weighted by Gasteiger charge is 2.41. The van der Waals surface area contributed by atoms with E-state index in [0.29, 0.717) is 0 Å². The minimum Gasteiger partial charge on any atom is -0.352 e. The largest absolute Gasteiger partial charge is 0.352 e. The van der Waals surface area contributed by atoms with Gasteiger partial charge >= 0.3 is 0 Å². The predicted molar refractivity (Wildman–Crippen MR) is 138 cm³/mol. The van der Waals surface area contributed by atoms with Crippen molar-refractivity contribution in [1.29, 1.82) is 0 Å². The second-order valence-electron chi connectivity index (χ2n) is 8.59. The molecule has 0 amide bonds. The Balaban J connectivity index is 1.78. The molecule has 1 N–H and O–H groups in total. The average Bonchev–Trinajstić information content (AvgIpc) is 3.24. The van der Waals surface area contributed by atoms with Crippen molar-refractivity contribution >= 4 is 33.3 Å². The highest BCUT2D eigenvalue weighted by molar-refractivity contribution is 9.10. The molecule has 1 aliphatic heterocycles. The van der Waals surface area contributed by atoms with Crippen LogP contribution in [0.15, 0.2) is 59.2 Å². The molecule has 5 nitrogen and oxygen atoms in total. The van der Waals surface area contributed by atoms with Crippen LogP contribution in [0.5, 0.6) is 0 Å². The molecule has 0 saturated carbocycles. The van der Waals surface area contributed by atoms with Gasteiger partial charge in [-0.2, -0.15) is 0 Å². The smallest absolute Gasteiger partial charge is 0.170 e. The molecule has 7 heteroatoms. The molecule has 0 unspecified atom stereocenters. The van der Waals surface area contributed by atoms with E-state index in [-0.39, 0.29) is 12.1 Å². The van der Waals surface area contributed by atoms with Crippen LogP contribution in [0.3, 0.4) is 0 Å². The summed E-state index contributed by atoms with van der Waals surface area (Å²) in [6.45, 7) is 6.30. The molecule has 4 rings (SSSR count). The number of aryl methyl sites for hydroxylation is 1.